The molecular formula is C13H19BrN2. The zero-order valence-corrected chi connectivity index (χ0v) is 11.3. The van der Waals surface area contributed by atoms with Gasteiger partial charge in [0.05, 0.1) is 0 Å². The molecule has 0 aromatic carbocycles. The second-order valence-corrected chi connectivity index (χ2v) is 6.04. The third-order valence-corrected chi connectivity index (χ3v) is 4.34. The van der Waals surface area contributed by atoms with E-state index in [1.165, 1.54) is 43.2 Å². The minimum absolute atomic E-state index is 0.584. The van der Waals surface area contributed by atoms with Crippen LogP contribution >= 0.6 is 15.9 Å². The number of alkyl halides is 1. The summed E-state index contributed by atoms with van der Waals surface area (Å²) in [6, 6.07) is 2.07. The predicted molar refractivity (Wildman–Crippen MR) is 71.9 cm³/mol. The third kappa shape index (κ3) is 2.57. The van der Waals surface area contributed by atoms with Crippen LogP contribution in [0.5, 0.6) is 0 Å². The van der Waals surface area contributed by atoms with Crippen LogP contribution in [0.25, 0.3) is 0 Å². The molecule has 88 valence electrons. The van der Waals surface area contributed by atoms with Crippen molar-refractivity contribution in [1.29, 1.82) is 0 Å². The number of aryl methyl sites for hydroxylation is 1. The van der Waals surface area contributed by atoms with Crippen molar-refractivity contribution in [3.8, 4) is 0 Å². The molecule has 1 aromatic rings. The van der Waals surface area contributed by atoms with E-state index in [2.05, 4.69) is 33.9 Å². The molecule has 1 saturated carbocycles. The molecule has 16 heavy (non-hydrogen) atoms. The third-order valence-electron chi connectivity index (χ3n) is 3.51. The Morgan fingerprint density at radius 1 is 1.38 bits per heavy atom. The number of nitrogens with zero attached hydrogens (tertiary/aromatic N) is 1. The average Bonchev–Trinajstić information content (AvgIpc) is 2.43. The van der Waals surface area contributed by atoms with Crippen molar-refractivity contribution < 1.29 is 0 Å². The van der Waals surface area contributed by atoms with E-state index in [-0.39, 0.29) is 0 Å². The zero-order valence-electron chi connectivity index (χ0n) is 9.75. The van der Waals surface area contributed by atoms with Gasteiger partial charge in [0.25, 0.3) is 0 Å². The molecule has 2 rings (SSSR count). The second-order valence-electron chi connectivity index (χ2n) is 4.74. The molecule has 3 heteroatoms. The largest absolute Gasteiger partial charge is 0.383 e. The molecule has 0 spiro atoms. The first-order valence-electron chi connectivity index (χ1n) is 6.03. The average molecular weight is 283 g/mol. The maximum atomic E-state index is 6.02. The van der Waals surface area contributed by atoms with Crippen molar-refractivity contribution >= 4 is 21.7 Å². The first-order chi connectivity index (χ1) is 7.68. The topological polar surface area (TPSA) is 38.9 Å². The van der Waals surface area contributed by atoms with Crippen LogP contribution < -0.4 is 5.73 Å². The minimum Gasteiger partial charge on any atom is -0.383 e. The Bertz CT molecular complexity index is 345. The Labute approximate surface area is 106 Å². The number of halogens is 1. The lowest BCUT2D eigenvalue weighted by Crippen LogP contribution is -2.09. The van der Waals surface area contributed by atoms with Gasteiger partial charge in [-0.1, -0.05) is 28.8 Å². The molecule has 0 saturated heterocycles. The fourth-order valence-electron chi connectivity index (χ4n) is 2.68. The van der Waals surface area contributed by atoms with E-state index in [4.69, 9.17) is 5.73 Å². The lowest BCUT2D eigenvalue weighted by molar-refractivity contribution is 0.597. The number of aromatic nitrogens is 1. The number of pyridine rings is 1. The lowest BCUT2D eigenvalue weighted by Gasteiger charge is -2.20. The number of hydrogen-bond donors (Lipinski definition) is 1. The summed E-state index contributed by atoms with van der Waals surface area (Å²) in [6.45, 7) is 2.14. The maximum Gasteiger partial charge on any atom is 0.127 e. The molecular weight excluding hydrogens is 264 g/mol. The van der Waals surface area contributed by atoms with Crippen molar-refractivity contribution in [3.05, 3.63) is 23.4 Å². The fourth-order valence-corrected chi connectivity index (χ4v) is 3.46. The highest BCUT2D eigenvalue weighted by atomic mass is 79.9. The summed E-state index contributed by atoms with van der Waals surface area (Å²) in [5.41, 5.74) is 8.60. The van der Waals surface area contributed by atoms with Crippen molar-refractivity contribution in [1.82, 2.24) is 4.98 Å². The highest BCUT2D eigenvalue weighted by molar-refractivity contribution is 9.09. The minimum atomic E-state index is 0.584. The van der Waals surface area contributed by atoms with Gasteiger partial charge >= 0.3 is 0 Å². The molecule has 1 aliphatic rings. The zero-order chi connectivity index (χ0) is 11.5. The fraction of sp³-hybridized carbons (Fsp3) is 0.615. The molecule has 1 heterocycles. The number of rotatable bonds is 1. The molecule has 1 aromatic heterocycles. The normalized spacial score (nSPS) is 26.4. The summed E-state index contributed by atoms with van der Waals surface area (Å²) in [7, 11) is 0. The van der Waals surface area contributed by atoms with Gasteiger partial charge in [-0.3, -0.25) is 0 Å². The van der Waals surface area contributed by atoms with E-state index in [1.807, 2.05) is 0 Å². The summed E-state index contributed by atoms with van der Waals surface area (Å²) < 4.78 is 0. The molecule has 2 unspecified atom stereocenters. The Hall–Kier alpha value is -0.570. The Kier molecular flexibility index (Phi) is 3.85. The Morgan fingerprint density at radius 2 is 2.12 bits per heavy atom. The summed E-state index contributed by atoms with van der Waals surface area (Å²) in [5, 5.41) is 0. The van der Waals surface area contributed by atoms with E-state index in [0.29, 0.717) is 10.7 Å². The molecule has 0 aliphatic heterocycles. The second kappa shape index (κ2) is 5.17. The standard InChI is InChI=1S/C13H19BrN2/c1-9-6-7-16-13(15)12(9)10-4-2-3-5-11(14)8-10/h6-7,10-11H,2-5,8H2,1H3,(H2,15,16). The molecule has 2 N–H and O–H groups in total. The van der Waals surface area contributed by atoms with Gasteiger partial charge in [0.2, 0.25) is 0 Å². The Morgan fingerprint density at radius 3 is 2.88 bits per heavy atom. The smallest absolute Gasteiger partial charge is 0.127 e. The molecule has 0 bridgehead atoms. The summed E-state index contributed by atoms with van der Waals surface area (Å²) in [5.74, 6) is 1.31. The van der Waals surface area contributed by atoms with Gasteiger partial charge in [-0.15, -0.1) is 0 Å². The number of anilines is 1. The van der Waals surface area contributed by atoms with Crippen LogP contribution in [0.15, 0.2) is 12.3 Å². The van der Waals surface area contributed by atoms with Gasteiger partial charge < -0.3 is 5.73 Å². The van der Waals surface area contributed by atoms with Gasteiger partial charge in [0.1, 0.15) is 5.82 Å². The predicted octanol–water partition coefficient (Wildman–Crippen LogP) is 3.78. The first kappa shape index (κ1) is 11.9. The maximum absolute atomic E-state index is 6.02. The van der Waals surface area contributed by atoms with Crippen molar-refractivity contribution in [2.45, 2.75) is 49.8 Å². The quantitative estimate of drug-likeness (QED) is 0.629. The molecule has 1 fully saturated rings. The summed E-state index contributed by atoms with van der Waals surface area (Å²) >= 11 is 3.76. The van der Waals surface area contributed by atoms with Crippen molar-refractivity contribution in [2.24, 2.45) is 0 Å². The lowest BCUT2D eigenvalue weighted by atomic mass is 9.89. The van der Waals surface area contributed by atoms with Gasteiger partial charge in [-0.25, -0.2) is 4.98 Å². The van der Waals surface area contributed by atoms with E-state index in [0.717, 1.165) is 5.82 Å². The van der Waals surface area contributed by atoms with Gasteiger partial charge in [-0.05, 0) is 43.7 Å². The van der Waals surface area contributed by atoms with E-state index in [1.54, 1.807) is 6.20 Å². The van der Waals surface area contributed by atoms with E-state index < -0.39 is 0 Å². The van der Waals surface area contributed by atoms with E-state index in [9.17, 15) is 0 Å². The monoisotopic (exact) mass is 282 g/mol. The SMILES string of the molecule is Cc1ccnc(N)c1C1CCCCC(Br)C1. The van der Waals surface area contributed by atoms with Gasteiger partial charge in [0, 0.05) is 16.6 Å². The van der Waals surface area contributed by atoms with Crippen LogP contribution in [0, 0.1) is 6.92 Å². The van der Waals surface area contributed by atoms with Crippen LogP contribution in [0.3, 0.4) is 0 Å². The highest BCUT2D eigenvalue weighted by Crippen LogP contribution is 2.37. The summed E-state index contributed by atoms with van der Waals surface area (Å²) in [4.78, 5) is 4.87. The molecule has 0 radical (unpaired) electrons. The number of hydrogen-bond acceptors (Lipinski definition) is 2. The van der Waals surface area contributed by atoms with Gasteiger partial charge in [0.15, 0.2) is 0 Å². The van der Waals surface area contributed by atoms with Crippen LogP contribution in [0.2, 0.25) is 0 Å². The molecule has 2 atom stereocenters. The number of nitrogen functional groups attached to an aromatic ring is 1. The molecule has 1 aliphatic carbocycles. The van der Waals surface area contributed by atoms with Gasteiger partial charge in [-0.2, -0.15) is 0 Å². The molecule has 0 amide bonds. The molecule has 2 nitrogen and oxygen atoms in total. The van der Waals surface area contributed by atoms with Crippen molar-refractivity contribution in [2.75, 3.05) is 5.73 Å². The highest BCUT2D eigenvalue weighted by Gasteiger charge is 2.23. The van der Waals surface area contributed by atoms with E-state index >= 15 is 0 Å². The Balaban J connectivity index is 2.28. The summed E-state index contributed by atoms with van der Waals surface area (Å²) in [6.07, 6.45) is 8.16. The van der Waals surface area contributed by atoms with Crippen LogP contribution in [0.4, 0.5) is 5.82 Å². The van der Waals surface area contributed by atoms with Crippen LogP contribution in [-0.2, 0) is 0 Å². The first-order valence-corrected chi connectivity index (χ1v) is 6.95. The number of nitrogens with two attached hydrogens (primary N) is 1. The van der Waals surface area contributed by atoms with Crippen LogP contribution in [-0.4, -0.2) is 9.81 Å². The van der Waals surface area contributed by atoms with Crippen molar-refractivity contribution in [3.63, 3.8) is 0 Å². The van der Waals surface area contributed by atoms with Crippen LogP contribution in [0.1, 0.15) is 49.1 Å².